The first-order chi connectivity index (χ1) is 26.1. The van der Waals surface area contributed by atoms with Crippen LogP contribution in [0.25, 0.3) is 27.5 Å². The Morgan fingerprint density at radius 2 is 0.796 bits per heavy atom. The van der Waals surface area contributed by atoms with Crippen LogP contribution < -0.4 is 25.7 Å². The van der Waals surface area contributed by atoms with E-state index in [4.69, 9.17) is 0 Å². The third-order valence-electron chi connectivity index (χ3n) is 11.3. The SMILES string of the molecule is CC(C)(C)c1ccc2c(c1)c1cc(C(C)(C)C)ccc1n2-c1cc2c3c(c1)N(c1ccccc1)c1ccccc1P3c1ccccc1N2c1ccccc1. The van der Waals surface area contributed by atoms with Crippen molar-refractivity contribution in [1.82, 2.24) is 4.57 Å². The Balaban J connectivity index is 1.35. The molecule has 0 saturated carbocycles. The molecule has 2 aliphatic rings. The van der Waals surface area contributed by atoms with Crippen LogP contribution in [-0.4, -0.2) is 4.57 Å². The summed E-state index contributed by atoms with van der Waals surface area (Å²) in [7, 11) is -0.851. The molecule has 3 nitrogen and oxygen atoms in total. The van der Waals surface area contributed by atoms with Crippen molar-refractivity contribution in [3.63, 3.8) is 0 Å². The highest BCUT2D eigenvalue weighted by Crippen LogP contribution is 2.57. The zero-order valence-electron chi connectivity index (χ0n) is 31.8. The van der Waals surface area contributed by atoms with Gasteiger partial charge in [-0.05, 0) is 103 Å². The number of nitrogens with zero attached hydrogens (tertiary/aromatic N) is 3. The maximum atomic E-state index is 2.52. The van der Waals surface area contributed by atoms with Gasteiger partial charge in [0.05, 0.1) is 39.5 Å². The highest BCUT2D eigenvalue weighted by atomic mass is 31.1. The number of aromatic nitrogens is 1. The minimum Gasteiger partial charge on any atom is -0.309 e. The Hall–Kier alpha value is -5.63. The molecule has 0 radical (unpaired) electrons. The predicted octanol–water partition coefficient (Wildman–Crippen LogP) is 12.7. The largest absolute Gasteiger partial charge is 0.309 e. The number of benzene rings is 7. The van der Waals surface area contributed by atoms with Crippen molar-refractivity contribution >= 4 is 79.8 Å². The van der Waals surface area contributed by atoms with Crippen LogP contribution in [0.2, 0.25) is 0 Å². The molecule has 0 amide bonds. The van der Waals surface area contributed by atoms with Gasteiger partial charge < -0.3 is 14.4 Å². The lowest BCUT2D eigenvalue weighted by Gasteiger charge is -2.45. The summed E-state index contributed by atoms with van der Waals surface area (Å²) in [6.07, 6.45) is 0. The van der Waals surface area contributed by atoms with Crippen molar-refractivity contribution < 1.29 is 0 Å². The molecule has 1 aromatic heterocycles. The Bertz CT molecular complexity index is 2570. The van der Waals surface area contributed by atoms with Gasteiger partial charge in [-0.1, -0.05) is 126 Å². The van der Waals surface area contributed by atoms with Crippen molar-refractivity contribution in [2.75, 3.05) is 9.80 Å². The van der Waals surface area contributed by atoms with Gasteiger partial charge in [-0.15, -0.1) is 0 Å². The molecular weight excluding hydrogens is 674 g/mol. The Labute approximate surface area is 319 Å². The van der Waals surface area contributed by atoms with Crippen LogP contribution in [0.15, 0.2) is 158 Å². The van der Waals surface area contributed by atoms with E-state index < -0.39 is 7.92 Å². The van der Waals surface area contributed by atoms with Gasteiger partial charge in [0, 0.05) is 38.1 Å². The molecule has 0 fully saturated rings. The summed E-state index contributed by atoms with van der Waals surface area (Å²) in [5.41, 5.74) is 13.7. The lowest BCUT2D eigenvalue weighted by atomic mass is 9.85. The van der Waals surface area contributed by atoms with Crippen LogP contribution >= 0.6 is 7.92 Å². The van der Waals surface area contributed by atoms with Gasteiger partial charge in [0.15, 0.2) is 0 Å². The molecule has 2 aliphatic heterocycles. The van der Waals surface area contributed by atoms with Gasteiger partial charge in [-0.3, -0.25) is 0 Å². The van der Waals surface area contributed by atoms with Crippen LogP contribution in [-0.2, 0) is 10.8 Å². The standard InChI is InChI=1S/C50H44N3P/c1-49(2,3)33-25-27-40-38(29-33)39-30-34(50(4,5)6)26-28-41(39)53(40)37-31-44-48-45(32-37)52(36-19-11-8-12-20-36)43-22-14-16-24-47(43)54(48)46-23-15-13-21-42(46)51(44)35-17-9-7-10-18-35/h7-32H,1-6H3. The molecular formula is C50H44N3P. The van der Waals surface area contributed by atoms with Gasteiger partial charge in [-0.2, -0.15) is 0 Å². The number of hydrogen-bond donors (Lipinski definition) is 0. The van der Waals surface area contributed by atoms with Crippen molar-refractivity contribution in [3.05, 3.63) is 169 Å². The maximum Gasteiger partial charge on any atom is 0.0587 e. The van der Waals surface area contributed by atoms with Crippen molar-refractivity contribution in [2.24, 2.45) is 0 Å². The number of anilines is 6. The molecule has 54 heavy (non-hydrogen) atoms. The van der Waals surface area contributed by atoms with Gasteiger partial charge in [-0.25, -0.2) is 0 Å². The molecule has 10 rings (SSSR count). The molecule has 0 bridgehead atoms. The summed E-state index contributed by atoms with van der Waals surface area (Å²) in [5.74, 6) is 0. The quantitative estimate of drug-likeness (QED) is 0.169. The van der Waals surface area contributed by atoms with Gasteiger partial charge in [0.1, 0.15) is 0 Å². The van der Waals surface area contributed by atoms with E-state index in [1.165, 1.54) is 71.6 Å². The van der Waals surface area contributed by atoms with Crippen LogP contribution in [0.5, 0.6) is 0 Å². The average molecular weight is 718 g/mol. The first-order valence-corrected chi connectivity index (χ1v) is 20.4. The van der Waals surface area contributed by atoms with Gasteiger partial charge in [0.25, 0.3) is 0 Å². The Morgan fingerprint density at radius 1 is 0.389 bits per heavy atom. The zero-order valence-corrected chi connectivity index (χ0v) is 32.7. The van der Waals surface area contributed by atoms with E-state index in [9.17, 15) is 0 Å². The van der Waals surface area contributed by atoms with Crippen molar-refractivity contribution in [1.29, 1.82) is 0 Å². The summed E-state index contributed by atoms with van der Waals surface area (Å²) in [6.45, 7) is 13.9. The summed E-state index contributed by atoms with van der Waals surface area (Å²) >= 11 is 0. The van der Waals surface area contributed by atoms with Crippen LogP contribution in [0.4, 0.5) is 34.1 Å². The van der Waals surface area contributed by atoms with Crippen LogP contribution in [0.1, 0.15) is 52.7 Å². The molecule has 264 valence electrons. The van der Waals surface area contributed by atoms with E-state index in [-0.39, 0.29) is 10.8 Å². The molecule has 0 unspecified atom stereocenters. The third kappa shape index (κ3) is 4.99. The van der Waals surface area contributed by atoms with Crippen molar-refractivity contribution in [2.45, 2.75) is 52.4 Å². The van der Waals surface area contributed by atoms with E-state index >= 15 is 0 Å². The second-order valence-corrected chi connectivity index (χ2v) is 18.9. The molecule has 8 aromatic rings. The Kier molecular flexibility index (Phi) is 7.29. The molecule has 3 heterocycles. The topological polar surface area (TPSA) is 11.4 Å². The minimum absolute atomic E-state index is 0.0323. The summed E-state index contributed by atoms with van der Waals surface area (Å²) in [4.78, 5) is 5.02. The van der Waals surface area contributed by atoms with E-state index in [2.05, 4.69) is 214 Å². The molecule has 0 aliphatic carbocycles. The van der Waals surface area contributed by atoms with Crippen molar-refractivity contribution in [3.8, 4) is 5.69 Å². The summed E-state index contributed by atoms with van der Waals surface area (Å²) in [6, 6.07) is 59.2. The average Bonchev–Trinajstić information content (AvgIpc) is 3.51. The van der Waals surface area contributed by atoms with Crippen LogP contribution in [0.3, 0.4) is 0 Å². The maximum absolute atomic E-state index is 2.52. The molecule has 0 spiro atoms. The highest BCUT2D eigenvalue weighted by molar-refractivity contribution is 7.81. The molecule has 0 atom stereocenters. The minimum atomic E-state index is -0.851. The third-order valence-corrected chi connectivity index (χ3v) is 13.9. The molecule has 0 saturated heterocycles. The lowest BCUT2D eigenvalue weighted by molar-refractivity contribution is 0.590. The fourth-order valence-electron chi connectivity index (χ4n) is 8.55. The van der Waals surface area contributed by atoms with Crippen LogP contribution in [0, 0.1) is 0 Å². The Morgan fingerprint density at radius 3 is 1.22 bits per heavy atom. The number of para-hydroxylation sites is 4. The first-order valence-electron chi connectivity index (χ1n) is 19.0. The molecule has 4 heteroatoms. The van der Waals surface area contributed by atoms with E-state index in [0.29, 0.717) is 0 Å². The summed E-state index contributed by atoms with van der Waals surface area (Å²) < 4.78 is 2.52. The lowest BCUT2D eigenvalue weighted by Crippen LogP contribution is -2.40. The molecule has 7 aromatic carbocycles. The zero-order chi connectivity index (χ0) is 36.9. The fraction of sp³-hybridized carbons (Fsp3) is 0.160. The van der Waals surface area contributed by atoms with E-state index in [1.54, 1.807) is 0 Å². The predicted molar refractivity (Wildman–Crippen MR) is 233 cm³/mol. The fourth-order valence-corrected chi connectivity index (χ4v) is 11.4. The normalized spacial score (nSPS) is 14.0. The second kappa shape index (κ2) is 11.9. The molecule has 0 N–H and O–H groups in total. The summed E-state index contributed by atoms with van der Waals surface area (Å²) in [5, 5.41) is 6.77. The number of fused-ring (bicyclic) bond motifs is 7. The van der Waals surface area contributed by atoms with Gasteiger partial charge in [0.2, 0.25) is 0 Å². The van der Waals surface area contributed by atoms with Gasteiger partial charge >= 0.3 is 0 Å². The highest BCUT2D eigenvalue weighted by Gasteiger charge is 2.41. The first kappa shape index (κ1) is 33.0. The second-order valence-electron chi connectivity index (χ2n) is 16.8. The van der Waals surface area contributed by atoms with E-state index in [1.807, 2.05) is 0 Å². The monoisotopic (exact) mass is 717 g/mol. The number of hydrogen-bond acceptors (Lipinski definition) is 2. The van der Waals surface area contributed by atoms with E-state index in [0.717, 1.165) is 17.1 Å². The smallest absolute Gasteiger partial charge is 0.0587 e. The number of rotatable bonds is 3.